The number of ether oxygens (including phenoxy) is 1. The number of aliphatic hydroxyl groups excluding tert-OH is 1. The Kier molecular flexibility index (Phi) is 3.90. The Morgan fingerprint density at radius 3 is 2.95 bits per heavy atom. The smallest absolute Gasteiger partial charge is 0.134 e. The largest absolute Gasteiger partial charge is 0.460 e. The number of rotatable bonds is 3. The highest BCUT2D eigenvalue weighted by molar-refractivity contribution is 5.77. The van der Waals surface area contributed by atoms with Crippen LogP contribution < -0.4 is 0 Å². The molecule has 1 saturated heterocycles. The van der Waals surface area contributed by atoms with Crippen LogP contribution in [0.3, 0.4) is 0 Å². The van der Waals surface area contributed by atoms with Gasteiger partial charge in [-0.2, -0.15) is 0 Å². The molecule has 118 valence electrons. The lowest BCUT2D eigenvalue weighted by atomic mass is 9.94. The van der Waals surface area contributed by atoms with E-state index >= 15 is 0 Å². The van der Waals surface area contributed by atoms with Gasteiger partial charge in [0, 0.05) is 23.9 Å². The standard InChI is InChI=1S/C18H23NO3/c20-17-6-3-5-15(17)16-12-21-9-8-19(16)11-14-10-13-4-1-2-7-18(13)22-14/h1-2,4,7,10,15-17,20H,3,5-6,8-9,11-12H2/t15-,16-,17-/m1/s1. The van der Waals surface area contributed by atoms with Gasteiger partial charge in [0.2, 0.25) is 0 Å². The monoisotopic (exact) mass is 301 g/mol. The molecule has 3 atom stereocenters. The van der Waals surface area contributed by atoms with Crippen LogP contribution in [0, 0.1) is 5.92 Å². The van der Waals surface area contributed by atoms with E-state index in [4.69, 9.17) is 9.15 Å². The minimum Gasteiger partial charge on any atom is -0.460 e. The molecule has 2 aromatic rings. The van der Waals surface area contributed by atoms with Gasteiger partial charge in [-0.1, -0.05) is 24.6 Å². The molecule has 1 aliphatic carbocycles. The molecular formula is C18H23NO3. The first-order valence-corrected chi connectivity index (χ1v) is 8.28. The minimum atomic E-state index is -0.176. The molecule has 1 N–H and O–H groups in total. The lowest BCUT2D eigenvalue weighted by Crippen LogP contribution is -2.50. The number of para-hydroxylation sites is 1. The van der Waals surface area contributed by atoms with Crippen molar-refractivity contribution in [3.63, 3.8) is 0 Å². The van der Waals surface area contributed by atoms with Gasteiger partial charge in [-0.15, -0.1) is 0 Å². The second-order valence-electron chi connectivity index (χ2n) is 6.53. The summed E-state index contributed by atoms with van der Waals surface area (Å²) in [6, 6.07) is 10.6. The lowest BCUT2D eigenvalue weighted by molar-refractivity contribution is -0.0555. The minimum absolute atomic E-state index is 0.176. The molecule has 0 bridgehead atoms. The third-order valence-corrected chi connectivity index (χ3v) is 5.14. The van der Waals surface area contributed by atoms with E-state index in [-0.39, 0.29) is 6.10 Å². The number of morpholine rings is 1. The first kappa shape index (κ1) is 14.2. The first-order chi connectivity index (χ1) is 10.8. The second kappa shape index (κ2) is 6.03. The van der Waals surface area contributed by atoms with Crippen molar-refractivity contribution in [3.8, 4) is 0 Å². The van der Waals surface area contributed by atoms with Gasteiger partial charge in [0.15, 0.2) is 0 Å². The fraction of sp³-hybridized carbons (Fsp3) is 0.556. The number of fused-ring (bicyclic) bond motifs is 1. The lowest BCUT2D eigenvalue weighted by Gasteiger charge is -2.39. The number of aliphatic hydroxyl groups is 1. The number of hydrogen-bond donors (Lipinski definition) is 1. The van der Waals surface area contributed by atoms with Gasteiger partial charge in [-0.05, 0) is 25.0 Å². The Morgan fingerprint density at radius 2 is 2.14 bits per heavy atom. The third kappa shape index (κ3) is 2.67. The molecule has 22 heavy (non-hydrogen) atoms. The van der Waals surface area contributed by atoms with Gasteiger partial charge >= 0.3 is 0 Å². The molecule has 1 aromatic heterocycles. The zero-order chi connectivity index (χ0) is 14.9. The van der Waals surface area contributed by atoms with Crippen molar-refractivity contribution in [2.75, 3.05) is 19.8 Å². The number of benzene rings is 1. The van der Waals surface area contributed by atoms with Crippen LogP contribution in [0.1, 0.15) is 25.0 Å². The Labute approximate surface area is 130 Å². The maximum Gasteiger partial charge on any atom is 0.134 e. The summed E-state index contributed by atoms with van der Waals surface area (Å²) in [5.41, 5.74) is 0.947. The van der Waals surface area contributed by atoms with E-state index in [1.807, 2.05) is 18.2 Å². The fourth-order valence-corrected chi connectivity index (χ4v) is 3.98. The van der Waals surface area contributed by atoms with E-state index in [0.717, 1.165) is 62.3 Å². The van der Waals surface area contributed by atoms with Gasteiger partial charge in [-0.25, -0.2) is 0 Å². The quantitative estimate of drug-likeness (QED) is 0.947. The van der Waals surface area contributed by atoms with Crippen LogP contribution in [0.15, 0.2) is 34.7 Å². The van der Waals surface area contributed by atoms with Crippen LogP contribution in [0.4, 0.5) is 0 Å². The molecule has 4 nitrogen and oxygen atoms in total. The molecule has 1 saturated carbocycles. The first-order valence-electron chi connectivity index (χ1n) is 8.28. The molecule has 2 heterocycles. The van der Waals surface area contributed by atoms with Crippen molar-refractivity contribution in [1.29, 1.82) is 0 Å². The molecule has 0 unspecified atom stereocenters. The van der Waals surface area contributed by atoms with E-state index in [2.05, 4.69) is 17.0 Å². The molecule has 2 fully saturated rings. The van der Waals surface area contributed by atoms with Crippen LogP contribution >= 0.6 is 0 Å². The summed E-state index contributed by atoms with van der Waals surface area (Å²) in [6.45, 7) is 3.19. The highest BCUT2D eigenvalue weighted by Gasteiger charge is 2.37. The maximum atomic E-state index is 10.2. The van der Waals surface area contributed by atoms with Crippen LogP contribution in [0.2, 0.25) is 0 Å². The summed E-state index contributed by atoms with van der Waals surface area (Å²) in [5.74, 6) is 1.34. The number of nitrogens with zero attached hydrogens (tertiary/aromatic N) is 1. The normalized spacial score (nSPS) is 30.1. The van der Waals surface area contributed by atoms with Crippen molar-refractivity contribution in [1.82, 2.24) is 4.90 Å². The van der Waals surface area contributed by atoms with E-state index < -0.39 is 0 Å². The molecule has 4 heteroatoms. The Morgan fingerprint density at radius 1 is 1.23 bits per heavy atom. The van der Waals surface area contributed by atoms with Crippen molar-refractivity contribution >= 4 is 11.0 Å². The zero-order valence-corrected chi connectivity index (χ0v) is 12.8. The molecule has 1 aliphatic heterocycles. The van der Waals surface area contributed by atoms with Gasteiger partial charge in [0.1, 0.15) is 11.3 Å². The van der Waals surface area contributed by atoms with Crippen LogP contribution in [0.25, 0.3) is 11.0 Å². The van der Waals surface area contributed by atoms with E-state index in [1.54, 1.807) is 0 Å². The summed E-state index contributed by atoms with van der Waals surface area (Å²) in [4.78, 5) is 2.43. The zero-order valence-electron chi connectivity index (χ0n) is 12.8. The Balaban J connectivity index is 1.53. The molecule has 0 spiro atoms. The average Bonchev–Trinajstić information content (AvgIpc) is 3.13. The van der Waals surface area contributed by atoms with Crippen molar-refractivity contribution in [2.45, 2.75) is 38.0 Å². The SMILES string of the molecule is O[C@@H]1CCC[C@@H]1[C@H]1COCCN1Cc1cc2ccccc2o1. The van der Waals surface area contributed by atoms with E-state index in [9.17, 15) is 5.11 Å². The Hall–Kier alpha value is -1.36. The molecule has 1 aromatic carbocycles. The fourth-order valence-electron chi connectivity index (χ4n) is 3.98. The Bertz CT molecular complexity index is 605. The maximum absolute atomic E-state index is 10.2. The van der Waals surface area contributed by atoms with Gasteiger partial charge in [0.05, 0.1) is 25.9 Å². The topological polar surface area (TPSA) is 45.8 Å². The molecule has 0 radical (unpaired) electrons. The second-order valence-corrected chi connectivity index (χ2v) is 6.53. The van der Waals surface area contributed by atoms with Crippen LogP contribution in [-0.2, 0) is 11.3 Å². The number of furan rings is 1. The summed E-state index contributed by atoms with van der Waals surface area (Å²) >= 11 is 0. The van der Waals surface area contributed by atoms with Gasteiger partial charge < -0.3 is 14.3 Å². The summed E-state index contributed by atoms with van der Waals surface area (Å²) < 4.78 is 11.6. The number of hydrogen-bond acceptors (Lipinski definition) is 4. The molecule has 4 rings (SSSR count). The van der Waals surface area contributed by atoms with Crippen molar-refractivity contribution < 1.29 is 14.3 Å². The van der Waals surface area contributed by atoms with Gasteiger partial charge in [-0.3, -0.25) is 4.90 Å². The van der Waals surface area contributed by atoms with Crippen molar-refractivity contribution in [3.05, 3.63) is 36.1 Å². The predicted octanol–water partition coefficient (Wildman–Crippen LogP) is 2.79. The molecule has 0 amide bonds. The third-order valence-electron chi connectivity index (χ3n) is 5.14. The predicted molar refractivity (Wildman–Crippen MR) is 84.6 cm³/mol. The highest BCUT2D eigenvalue weighted by Crippen LogP contribution is 2.33. The van der Waals surface area contributed by atoms with Crippen LogP contribution in [0.5, 0.6) is 0 Å². The van der Waals surface area contributed by atoms with Crippen molar-refractivity contribution in [2.24, 2.45) is 5.92 Å². The summed E-state index contributed by atoms with van der Waals surface area (Å²) in [5, 5.41) is 11.4. The average molecular weight is 301 g/mol. The summed E-state index contributed by atoms with van der Waals surface area (Å²) in [7, 11) is 0. The molecular weight excluding hydrogens is 278 g/mol. The van der Waals surface area contributed by atoms with E-state index in [0.29, 0.717) is 12.0 Å². The van der Waals surface area contributed by atoms with Gasteiger partial charge in [0.25, 0.3) is 0 Å². The highest BCUT2D eigenvalue weighted by atomic mass is 16.5. The van der Waals surface area contributed by atoms with Crippen LogP contribution in [-0.4, -0.2) is 41.9 Å². The van der Waals surface area contributed by atoms with E-state index in [1.165, 1.54) is 0 Å². The molecule has 2 aliphatic rings. The summed E-state index contributed by atoms with van der Waals surface area (Å²) in [6.07, 6.45) is 2.98.